The predicted molar refractivity (Wildman–Crippen MR) is 74.9 cm³/mol. The molecule has 3 heterocycles. The largest absolute Gasteiger partial charge is 0.332 e. The van der Waals surface area contributed by atoms with Crippen molar-refractivity contribution in [3.8, 4) is 0 Å². The van der Waals surface area contributed by atoms with Gasteiger partial charge in [0.05, 0.1) is 6.04 Å². The second-order valence-electron chi connectivity index (χ2n) is 6.68. The van der Waals surface area contributed by atoms with Gasteiger partial charge in [-0.25, -0.2) is 8.78 Å². The van der Waals surface area contributed by atoms with Crippen LogP contribution in [-0.2, 0) is 4.79 Å². The number of halogens is 2. The minimum absolute atomic E-state index is 0.0705. The molecule has 3 atom stereocenters. The van der Waals surface area contributed by atoms with Crippen molar-refractivity contribution in [2.24, 2.45) is 5.41 Å². The SMILES string of the molecule is Cc1cncc([C@@H]2CC[C@@H]3CC(C)(C(C)(F)F)C(=O)N32)c1. The van der Waals surface area contributed by atoms with E-state index in [1.165, 1.54) is 6.92 Å². The monoisotopic (exact) mass is 294 g/mol. The van der Waals surface area contributed by atoms with Crippen LogP contribution in [0.1, 0.15) is 50.3 Å². The van der Waals surface area contributed by atoms with Gasteiger partial charge in [-0.3, -0.25) is 9.78 Å². The first kappa shape index (κ1) is 14.4. The topological polar surface area (TPSA) is 33.2 Å². The van der Waals surface area contributed by atoms with Crippen LogP contribution >= 0.6 is 0 Å². The van der Waals surface area contributed by atoms with Crippen LogP contribution in [0.3, 0.4) is 0 Å². The number of hydrogen-bond donors (Lipinski definition) is 0. The summed E-state index contributed by atoms with van der Waals surface area (Å²) < 4.78 is 27.8. The number of alkyl halides is 2. The second kappa shape index (κ2) is 4.49. The van der Waals surface area contributed by atoms with E-state index in [0.29, 0.717) is 0 Å². The molecule has 2 fully saturated rings. The fraction of sp³-hybridized carbons (Fsp3) is 0.625. The molecule has 5 heteroatoms. The van der Waals surface area contributed by atoms with Crippen LogP contribution in [0.4, 0.5) is 8.78 Å². The molecular weight excluding hydrogens is 274 g/mol. The first-order valence-electron chi connectivity index (χ1n) is 7.36. The van der Waals surface area contributed by atoms with Crippen molar-refractivity contribution < 1.29 is 13.6 Å². The molecule has 0 bridgehead atoms. The first-order valence-corrected chi connectivity index (χ1v) is 7.36. The molecule has 2 aliphatic heterocycles. The Morgan fingerprint density at radius 3 is 2.71 bits per heavy atom. The highest BCUT2D eigenvalue weighted by molar-refractivity contribution is 5.87. The lowest BCUT2D eigenvalue weighted by Crippen LogP contribution is -2.44. The highest BCUT2D eigenvalue weighted by Gasteiger charge is 2.62. The minimum atomic E-state index is -3.00. The lowest BCUT2D eigenvalue weighted by molar-refractivity contribution is -0.156. The maximum atomic E-state index is 13.9. The Labute approximate surface area is 123 Å². The number of carbonyl (C=O) groups excluding carboxylic acids is 1. The molecule has 1 amide bonds. The van der Waals surface area contributed by atoms with Gasteiger partial charge in [-0.2, -0.15) is 0 Å². The molecule has 2 aliphatic rings. The molecule has 0 N–H and O–H groups in total. The molecule has 3 nitrogen and oxygen atoms in total. The number of amides is 1. The van der Waals surface area contributed by atoms with Crippen LogP contribution < -0.4 is 0 Å². The Morgan fingerprint density at radius 1 is 1.38 bits per heavy atom. The van der Waals surface area contributed by atoms with Gasteiger partial charge < -0.3 is 4.90 Å². The summed E-state index contributed by atoms with van der Waals surface area (Å²) in [6.45, 7) is 4.20. The van der Waals surface area contributed by atoms with E-state index < -0.39 is 17.2 Å². The first-order chi connectivity index (χ1) is 9.74. The number of aromatic nitrogens is 1. The average Bonchev–Trinajstić information content (AvgIpc) is 2.89. The van der Waals surface area contributed by atoms with Gasteiger partial charge in [-0.05, 0) is 44.2 Å². The Hall–Kier alpha value is -1.52. The zero-order chi connectivity index (χ0) is 15.4. The molecule has 0 aromatic carbocycles. The number of pyridine rings is 1. The van der Waals surface area contributed by atoms with Crippen molar-refractivity contribution in [3.05, 3.63) is 29.6 Å². The van der Waals surface area contributed by atoms with Gasteiger partial charge >= 0.3 is 0 Å². The van der Waals surface area contributed by atoms with Crippen LogP contribution in [0.25, 0.3) is 0 Å². The number of carbonyl (C=O) groups is 1. The van der Waals surface area contributed by atoms with Crippen molar-refractivity contribution in [1.82, 2.24) is 9.88 Å². The number of fused-ring (bicyclic) bond motifs is 1. The van der Waals surface area contributed by atoms with E-state index in [0.717, 1.165) is 30.9 Å². The minimum Gasteiger partial charge on any atom is -0.332 e. The lowest BCUT2D eigenvalue weighted by atomic mass is 9.80. The Kier molecular flexibility index (Phi) is 3.08. The second-order valence-corrected chi connectivity index (χ2v) is 6.68. The van der Waals surface area contributed by atoms with Gasteiger partial charge in [-0.1, -0.05) is 6.07 Å². The molecule has 2 saturated heterocycles. The van der Waals surface area contributed by atoms with Gasteiger partial charge in [0, 0.05) is 25.4 Å². The van der Waals surface area contributed by atoms with Crippen LogP contribution in [0, 0.1) is 12.3 Å². The molecule has 3 rings (SSSR count). The molecule has 1 aromatic heterocycles. The number of hydrogen-bond acceptors (Lipinski definition) is 2. The maximum Gasteiger partial charge on any atom is 0.259 e. The average molecular weight is 294 g/mol. The van der Waals surface area contributed by atoms with E-state index in [9.17, 15) is 13.6 Å². The van der Waals surface area contributed by atoms with Crippen LogP contribution in [0.15, 0.2) is 18.5 Å². The van der Waals surface area contributed by atoms with Crippen molar-refractivity contribution in [2.45, 2.75) is 58.0 Å². The molecule has 1 aromatic rings. The molecule has 1 unspecified atom stereocenters. The molecule has 0 radical (unpaired) electrons. The molecule has 114 valence electrons. The van der Waals surface area contributed by atoms with Crippen molar-refractivity contribution >= 4 is 5.91 Å². The summed E-state index contributed by atoms with van der Waals surface area (Å²) >= 11 is 0. The molecule has 21 heavy (non-hydrogen) atoms. The summed E-state index contributed by atoms with van der Waals surface area (Å²) in [4.78, 5) is 18.5. The maximum absolute atomic E-state index is 13.9. The predicted octanol–water partition coefficient (Wildman–Crippen LogP) is 3.49. The zero-order valence-corrected chi connectivity index (χ0v) is 12.6. The standard InChI is InChI=1S/C16H20F2N2O/c1-10-6-11(9-19-8-10)13-5-4-12-7-15(2,16(3,17)18)14(21)20(12)13/h6,8-9,12-13H,4-5,7H2,1-3H3/t12-,13+,15?/m1/s1. The highest BCUT2D eigenvalue weighted by Crippen LogP contribution is 2.54. The fourth-order valence-electron chi connectivity index (χ4n) is 3.69. The summed E-state index contributed by atoms with van der Waals surface area (Å²) in [6, 6.07) is 1.81. The van der Waals surface area contributed by atoms with E-state index in [-0.39, 0.29) is 18.5 Å². The quantitative estimate of drug-likeness (QED) is 0.836. The number of aryl methyl sites for hydroxylation is 1. The molecule has 0 aliphatic carbocycles. The van der Waals surface area contributed by atoms with Gasteiger partial charge in [-0.15, -0.1) is 0 Å². The van der Waals surface area contributed by atoms with E-state index in [4.69, 9.17) is 0 Å². The Morgan fingerprint density at radius 2 is 2.10 bits per heavy atom. The molecule has 0 spiro atoms. The van der Waals surface area contributed by atoms with Gasteiger partial charge in [0.25, 0.3) is 5.92 Å². The third kappa shape index (κ3) is 2.05. The smallest absolute Gasteiger partial charge is 0.259 e. The molecular formula is C16H20F2N2O. The Bertz CT molecular complexity index is 584. The summed E-state index contributed by atoms with van der Waals surface area (Å²) in [5, 5.41) is 0. The van der Waals surface area contributed by atoms with Gasteiger partial charge in [0.15, 0.2) is 0 Å². The highest BCUT2D eigenvalue weighted by atomic mass is 19.3. The van der Waals surface area contributed by atoms with E-state index in [1.54, 1.807) is 17.3 Å². The summed E-state index contributed by atoms with van der Waals surface area (Å²) in [7, 11) is 0. The third-order valence-electron chi connectivity index (χ3n) is 5.10. The number of rotatable bonds is 2. The van der Waals surface area contributed by atoms with Gasteiger partial charge in [0.1, 0.15) is 5.41 Å². The fourth-order valence-corrected chi connectivity index (χ4v) is 3.69. The summed E-state index contributed by atoms with van der Waals surface area (Å²) in [5.41, 5.74) is 0.397. The molecule has 0 saturated carbocycles. The van der Waals surface area contributed by atoms with Crippen molar-refractivity contribution in [3.63, 3.8) is 0 Å². The van der Waals surface area contributed by atoms with Crippen molar-refractivity contribution in [1.29, 1.82) is 0 Å². The van der Waals surface area contributed by atoms with Crippen LogP contribution in [0.2, 0.25) is 0 Å². The normalized spacial score (nSPS) is 32.6. The van der Waals surface area contributed by atoms with Gasteiger partial charge in [0.2, 0.25) is 5.91 Å². The van der Waals surface area contributed by atoms with Crippen molar-refractivity contribution in [2.75, 3.05) is 0 Å². The Balaban J connectivity index is 1.95. The van der Waals surface area contributed by atoms with E-state index in [2.05, 4.69) is 4.98 Å². The zero-order valence-electron chi connectivity index (χ0n) is 12.6. The number of nitrogens with zero attached hydrogens (tertiary/aromatic N) is 2. The van der Waals surface area contributed by atoms with E-state index in [1.807, 2.05) is 13.0 Å². The van der Waals surface area contributed by atoms with E-state index >= 15 is 0 Å². The van der Waals surface area contributed by atoms with Crippen LogP contribution in [-0.4, -0.2) is 27.8 Å². The van der Waals surface area contributed by atoms with Crippen LogP contribution in [0.5, 0.6) is 0 Å². The lowest BCUT2D eigenvalue weighted by Gasteiger charge is -2.31. The summed E-state index contributed by atoms with van der Waals surface area (Å²) in [5.74, 6) is -3.41. The summed E-state index contributed by atoms with van der Waals surface area (Å²) in [6.07, 6.45) is 5.35. The third-order valence-corrected chi connectivity index (χ3v) is 5.10.